The Balaban J connectivity index is 3.83. The van der Waals surface area contributed by atoms with Crippen LogP contribution in [0.1, 0.15) is 47.0 Å². The molecule has 0 aliphatic heterocycles. The maximum absolute atomic E-state index is 11.6. The van der Waals surface area contributed by atoms with Crippen molar-refractivity contribution in [2.75, 3.05) is 7.11 Å². The molecule has 0 spiro atoms. The molecule has 1 unspecified atom stereocenters. The van der Waals surface area contributed by atoms with Gasteiger partial charge in [0.1, 0.15) is 6.04 Å². The molecule has 0 radical (unpaired) electrons. The molecule has 0 bridgehead atoms. The summed E-state index contributed by atoms with van der Waals surface area (Å²) in [5, 5.41) is 5.34. The number of hydrogen-bond donors (Lipinski definition) is 2. The van der Waals surface area contributed by atoms with E-state index >= 15 is 0 Å². The van der Waals surface area contributed by atoms with Gasteiger partial charge in [-0.2, -0.15) is 0 Å². The largest absolute Gasteiger partial charge is 0.467 e. The molecule has 0 aromatic carbocycles. The zero-order valence-corrected chi connectivity index (χ0v) is 12.1. The molecule has 0 aromatic heterocycles. The van der Waals surface area contributed by atoms with Crippen LogP contribution in [-0.4, -0.2) is 31.2 Å². The molecule has 5 nitrogen and oxygen atoms in total. The third kappa shape index (κ3) is 7.92. The quantitative estimate of drug-likeness (QED) is 0.687. The van der Waals surface area contributed by atoms with Crippen LogP contribution in [0.5, 0.6) is 0 Å². The minimum absolute atomic E-state index is 0.105. The maximum atomic E-state index is 11.6. The third-order valence-corrected chi connectivity index (χ3v) is 2.70. The highest BCUT2D eigenvalue weighted by molar-refractivity contribution is 5.83. The van der Waals surface area contributed by atoms with Gasteiger partial charge in [0.05, 0.1) is 7.11 Å². The minimum atomic E-state index is -0.627. The summed E-state index contributed by atoms with van der Waals surface area (Å²) in [5.41, 5.74) is 0. The molecule has 0 aliphatic carbocycles. The Labute approximate surface area is 110 Å². The van der Waals surface area contributed by atoms with E-state index in [0.717, 1.165) is 19.3 Å². The van der Waals surface area contributed by atoms with Crippen molar-refractivity contribution in [3.63, 3.8) is 0 Å². The normalized spacial score (nSPS) is 13.9. The van der Waals surface area contributed by atoms with Crippen molar-refractivity contribution >= 4 is 12.0 Å². The van der Waals surface area contributed by atoms with Crippen LogP contribution in [0.15, 0.2) is 0 Å². The fraction of sp³-hybridized carbons (Fsp3) is 0.846. The van der Waals surface area contributed by atoms with Gasteiger partial charge in [-0.3, -0.25) is 0 Å². The number of ether oxygens (including phenoxy) is 1. The van der Waals surface area contributed by atoms with Gasteiger partial charge in [-0.25, -0.2) is 9.59 Å². The van der Waals surface area contributed by atoms with Gasteiger partial charge in [0, 0.05) is 6.04 Å². The molecule has 18 heavy (non-hydrogen) atoms. The van der Waals surface area contributed by atoms with Gasteiger partial charge in [-0.15, -0.1) is 0 Å². The summed E-state index contributed by atoms with van der Waals surface area (Å²) in [6.45, 7) is 7.92. The molecule has 2 atom stereocenters. The topological polar surface area (TPSA) is 67.4 Å². The second-order valence-electron chi connectivity index (χ2n) is 5.09. The molecule has 2 amide bonds. The summed E-state index contributed by atoms with van der Waals surface area (Å²) in [6.07, 6.45) is 3.19. The lowest BCUT2D eigenvalue weighted by Gasteiger charge is -2.17. The molecule has 0 saturated heterocycles. The SMILES string of the molecule is COC(=O)[C@H](C)NC(=O)NC(C)CCCC(C)C. The van der Waals surface area contributed by atoms with Crippen molar-refractivity contribution < 1.29 is 14.3 Å². The number of rotatable bonds is 7. The van der Waals surface area contributed by atoms with E-state index in [1.165, 1.54) is 7.11 Å². The monoisotopic (exact) mass is 258 g/mol. The van der Waals surface area contributed by atoms with Crippen LogP contribution in [0.25, 0.3) is 0 Å². The smallest absolute Gasteiger partial charge is 0.328 e. The Bertz CT molecular complexity index is 267. The van der Waals surface area contributed by atoms with Crippen molar-refractivity contribution in [1.29, 1.82) is 0 Å². The van der Waals surface area contributed by atoms with Gasteiger partial charge >= 0.3 is 12.0 Å². The molecule has 5 heteroatoms. The highest BCUT2D eigenvalue weighted by Gasteiger charge is 2.16. The Kier molecular flexibility index (Phi) is 8.16. The third-order valence-electron chi connectivity index (χ3n) is 2.70. The number of nitrogens with one attached hydrogen (secondary N) is 2. The van der Waals surface area contributed by atoms with Crippen LogP contribution in [0.4, 0.5) is 4.79 Å². The number of hydrogen-bond acceptors (Lipinski definition) is 3. The Morgan fingerprint density at radius 3 is 2.17 bits per heavy atom. The summed E-state index contributed by atoms with van der Waals surface area (Å²) in [4.78, 5) is 22.7. The van der Waals surface area contributed by atoms with E-state index in [1.54, 1.807) is 6.92 Å². The number of carbonyl (C=O) groups excluding carboxylic acids is 2. The second-order valence-corrected chi connectivity index (χ2v) is 5.09. The van der Waals surface area contributed by atoms with Crippen molar-refractivity contribution in [3.8, 4) is 0 Å². The number of carbonyl (C=O) groups is 2. The number of amides is 2. The number of esters is 1. The fourth-order valence-electron chi connectivity index (χ4n) is 1.60. The first kappa shape index (κ1) is 16.7. The molecule has 0 aromatic rings. The Morgan fingerprint density at radius 2 is 1.67 bits per heavy atom. The van der Waals surface area contributed by atoms with Crippen LogP contribution in [0.2, 0.25) is 0 Å². The van der Waals surface area contributed by atoms with Crippen LogP contribution in [0.3, 0.4) is 0 Å². The zero-order chi connectivity index (χ0) is 14.1. The second kappa shape index (κ2) is 8.78. The van der Waals surface area contributed by atoms with Crippen molar-refractivity contribution in [3.05, 3.63) is 0 Å². The summed E-state index contributed by atoms with van der Waals surface area (Å²) >= 11 is 0. The first-order chi connectivity index (χ1) is 8.36. The molecule has 0 heterocycles. The van der Waals surface area contributed by atoms with Gasteiger partial charge < -0.3 is 15.4 Å². The Hall–Kier alpha value is -1.26. The Morgan fingerprint density at radius 1 is 1.06 bits per heavy atom. The van der Waals surface area contributed by atoms with Crippen molar-refractivity contribution in [2.24, 2.45) is 5.92 Å². The number of methoxy groups -OCH3 is 1. The average molecular weight is 258 g/mol. The van der Waals surface area contributed by atoms with Crippen LogP contribution >= 0.6 is 0 Å². The molecule has 0 rings (SSSR count). The van der Waals surface area contributed by atoms with Crippen molar-refractivity contribution in [2.45, 2.75) is 59.0 Å². The van der Waals surface area contributed by atoms with Gasteiger partial charge in [0.25, 0.3) is 0 Å². The molecule has 0 saturated carbocycles. The van der Waals surface area contributed by atoms with E-state index in [1.807, 2.05) is 6.92 Å². The predicted octanol–water partition coefficient (Wildman–Crippen LogP) is 2.06. The lowest BCUT2D eigenvalue weighted by atomic mass is 10.0. The fourth-order valence-corrected chi connectivity index (χ4v) is 1.60. The van der Waals surface area contributed by atoms with E-state index in [0.29, 0.717) is 5.92 Å². The minimum Gasteiger partial charge on any atom is -0.467 e. The maximum Gasteiger partial charge on any atom is 0.328 e. The summed E-state index contributed by atoms with van der Waals surface area (Å²) in [6, 6.07) is -0.851. The summed E-state index contributed by atoms with van der Waals surface area (Å²) in [7, 11) is 1.30. The van der Waals surface area contributed by atoms with E-state index in [-0.39, 0.29) is 12.1 Å². The predicted molar refractivity (Wildman–Crippen MR) is 71.3 cm³/mol. The van der Waals surface area contributed by atoms with Gasteiger partial charge in [0.2, 0.25) is 0 Å². The molecular formula is C13H26N2O3. The average Bonchev–Trinajstić information content (AvgIpc) is 2.26. The van der Waals surface area contributed by atoms with E-state index in [2.05, 4.69) is 29.2 Å². The van der Waals surface area contributed by atoms with E-state index < -0.39 is 12.0 Å². The lowest BCUT2D eigenvalue weighted by Crippen LogP contribution is -2.47. The molecule has 106 valence electrons. The van der Waals surface area contributed by atoms with Gasteiger partial charge in [0.15, 0.2) is 0 Å². The van der Waals surface area contributed by atoms with E-state index in [9.17, 15) is 9.59 Å². The summed E-state index contributed by atoms with van der Waals surface area (Å²) in [5.74, 6) is 0.239. The van der Waals surface area contributed by atoms with Crippen LogP contribution in [-0.2, 0) is 9.53 Å². The van der Waals surface area contributed by atoms with Gasteiger partial charge in [-0.05, 0) is 26.2 Å². The van der Waals surface area contributed by atoms with Crippen molar-refractivity contribution in [1.82, 2.24) is 10.6 Å². The molecule has 0 fully saturated rings. The summed E-state index contributed by atoms with van der Waals surface area (Å²) < 4.78 is 4.53. The zero-order valence-electron chi connectivity index (χ0n) is 12.1. The lowest BCUT2D eigenvalue weighted by molar-refractivity contribution is -0.142. The number of urea groups is 1. The first-order valence-corrected chi connectivity index (χ1v) is 6.51. The standard InChI is InChI=1S/C13H26N2O3/c1-9(2)7-6-8-10(3)14-13(17)15-11(4)12(16)18-5/h9-11H,6-8H2,1-5H3,(H2,14,15,17)/t10?,11-/m0/s1. The van der Waals surface area contributed by atoms with E-state index in [4.69, 9.17) is 0 Å². The molecular weight excluding hydrogens is 232 g/mol. The van der Waals surface area contributed by atoms with Crippen LogP contribution < -0.4 is 10.6 Å². The molecule has 0 aliphatic rings. The van der Waals surface area contributed by atoms with Gasteiger partial charge in [-0.1, -0.05) is 26.7 Å². The highest BCUT2D eigenvalue weighted by atomic mass is 16.5. The first-order valence-electron chi connectivity index (χ1n) is 6.51. The highest BCUT2D eigenvalue weighted by Crippen LogP contribution is 2.08. The van der Waals surface area contributed by atoms with Crippen LogP contribution in [0, 0.1) is 5.92 Å². The molecule has 2 N–H and O–H groups in total.